The van der Waals surface area contributed by atoms with Gasteiger partial charge in [0.05, 0.1) is 11.7 Å². The Labute approximate surface area is 155 Å². The number of hydrogen-bond donors (Lipinski definition) is 1. The number of aromatic nitrogens is 3. The maximum absolute atomic E-state index is 14.3. The fraction of sp³-hybridized carbons (Fsp3) is 0.350. The molecule has 1 saturated carbocycles. The lowest BCUT2D eigenvalue weighted by molar-refractivity contribution is 0.462. The lowest BCUT2D eigenvalue weighted by Gasteiger charge is -2.24. The van der Waals surface area contributed by atoms with Gasteiger partial charge in [-0.1, -0.05) is 19.3 Å². The molecule has 0 radical (unpaired) electrons. The van der Waals surface area contributed by atoms with E-state index in [1.807, 2.05) is 0 Å². The van der Waals surface area contributed by atoms with Crippen LogP contribution in [0.5, 0.6) is 0 Å². The molecule has 0 aliphatic heterocycles. The van der Waals surface area contributed by atoms with Crippen molar-refractivity contribution in [3.05, 3.63) is 52.5 Å². The lowest BCUT2D eigenvalue weighted by Crippen LogP contribution is -2.29. The maximum Gasteiger partial charge on any atom is 0.274 e. The molecule has 4 rings (SSSR count). The highest BCUT2D eigenvalue weighted by molar-refractivity contribution is 5.92. The van der Waals surface area contributed by atoms with Crippen LogP contribution in [0.3, 0.4) is 0 Å². The molecule has 27 heavy (non-hydrogen) atoms. The summed E-state index contributed by atoms with van der Waals surface area (Å²) < 4.78 is 29.0. The Morgan fingerprint density at radius 1 is 1.15 bits per heavy atom. The van der Waals surface area contributed by atoms with Gasteiger partial charge in [-0.25, -0.2) is 8.78 Å². The average Bonchev–Trinajstić information content (AvgIpc) is 2.66. The van der Waals surface area contributed by atoms with E-state index in [0.29, 0.717) is 16.6 Å². The second-order valence-electron chi connectivity index (χ2n) is 7.02. The first-order valence-electron chi connectivity index (χ1n) is 9.12. The summed E-state index contributed by atoms with van der Waals surface area (Å²) in [6, 6.07) is 5.30. The molecule has 0 atom stereocenters. The number of nitrogens with zero attached hydrogens (tertiary/aromatic N) is 3. The quantitative estimate of drug-likeness (QED) is 0.757. The molecule has 1 fully saturated rings. The third kappa shape index (κ3) is 3.29. The minimum Gasteiger partial charge on any atom is -0.378 e. The highest BCUT2D eigenvalue weighted by Gasteiger charge is 2.19. The van der Waals surface area contributed by atoms with Gasteiger partial charge in [0.15, 0.2) is 0 Å². The van der Waals surface area contributed by atoms with Gasteiger partial charge >= 0.3 is 0 Å². The first-order chi connectivity index (χ1) is 13.0. The summed E-state index contributed by atoms with van der Waals surface area (Å²) in [6.07, 6.45) is 7.18. The molecular formula is C20H20F2N4O. The van der Waals surface area contributed by atoms with E-state index in [1.54, 1.807) is 19.3 Å². The van der Waals surface area contributed by atoms with Crippen molar-refractivity contribution >= 4 is 16.6 Å². The first-order valence-corrected chi connectivity index (χ1v) is 9.12. The summed E-state index contributed by atoms with van der Waals surface area (Å²) in [6.45, 7) is 0. The largest absolute Gasteiger partial charge is 0.378 e. The van der Waals surface area contributed by atoms with Crippen LogP contribution >= 0.6 is 0 Å². The Balaban J connectivity index is 1.84. The standard InChI is InChI=1S/C20H20F2N4O/c1-26-19-12(9-17(20(26)27)24-14-5-3-2-4-6-14)11-23-25-18(19)15-8-7-13(21)10-16(15)22/h7-11,14,24H,2-6H2,1H3. The van der Waals surface area contributed by atoms with Crippen LogP contribution in [0.15, 0.2) is 35.3 Å². The van der Waals surface area contributed by atoms with Crippen molar-refractivity contribution in [2.75, 3.05) is 5.32 Å². The minimum atomic E-state index is -0.742. The zero-order valence-electron chi connectivity index (χ0n) is 15.0. The van der Waals surface area contributed by atoms with E-state index in [1.165, 1.54) is 17.1 Å². The molecule has 0 bridgehead atoms. The Morgan fingerprint density at radius 3 is 2.67 bits per heavy atom. The van der Waals surface area contributed by atoms with Crippen molar-refractivity contribution in [3.8, 4) is 11.3 Å². The number of halogens is 2. The second kappa shape index (κ2) is 7.06. The van der Waals surface area contributed by atoms with Crippen molar-refractivity contribution < 1.29 is 8.78 Å². The molecule has 1 aliphatic carbocycles. The first kappa shape index (κ1) is 17.6. The van der Waals surface area contributed by atoms with Gasteiger partial charge in [-0.05, 0) is 31.0 Å². The number of fused-ring (bicyclic) bond motifs is 1. The van der Waals surface area contributed by atoms with E-state index in [9.17, 15) is 13.6 Å². The number of benzene rings is 1. The van der Waals surface area contributed by atoms with Gasteiger partial charge in [-0.3, -0.25) is 4.79 Å². The molecule has 0 spiro atoms. The molecule has 140 valence electrons. The predicted molar refractivity (Wildman–Crippen MR) is 101 cm³/mol. The zero-order valence-corrected chi connectivity index (χ0v) is 15.0. The molecule has 1 aliphatic rings. The van der Waals surface area contributed by atoms with E-state index in [4.69, 9.17) is 0 Å². The number of aryl methyl sites for hydroxylation is 1. The predicted octanol–water partition coefficient (Wildman–Crippen LogP) is 4.02. The molecule has 2 heterocycles. The van der Waals surface area contributed by atoms with Gasteiger partial charge in [0, 0.05) is 30.1 Å². The van der Waals surface area contributed by atoms with Gasteiger partial charge < -0.3 is 9.88 Å². The molecule has 1 aromatic carbocycles. The van der Waals surface area contributed by atoms with Crippen molar-refractivity contribution in [2.45, 2.75) is 38.1 Å². The van der Waals surface area contributed by atoms with Crippen LogP contribution in [0.2, 0.25) is 0 Å². The fourth-order valence-electron chi connectivity index (χ4n) is 3.78. The van der Waals surface area contributed by atoms with Crippen molar-refractivity contribution in [1.29, 1.82) is 0 Å². The molecule has 0 unspecified atom stereocenters. The number of pyridine rings is 1. The normalized spacial score (nSPS) is 15.2. The molecule has 0 amide bonds. The summed E-state index contributed by atoms with van der Waals surface area (Å²) in [5, 5.41) is 12.0. The summed E-state index contributed by atoms with van der Waals surface area (Å²) in [5.74, 6) is -1.41. The van der Waals surface area contributed by atoms with E-state index < -0.39 is 11.6 Å². The van der Waals surface area contributed by atoms with Crippen molar-refractivity contribution in [3.63, 3.8) is 0 Å². The van der Waals surface area contributed by atoms with Gasteiger partial charge in [0.2, 0.25) is 0 Å². The highest BCUT2D eigenvalue weighted by Crippen LogP contribution is 2.29. The van der Waals surface area contributed by atoms with Crippen LogP contribution in [0.1, 0.15) is 32.1 Å². The smallest absolute Gasteiger partial charge is 0.274 e. The van der Waals surface area contributed by atoms with Crippen LogP contribution in [-0.4, -0.2) is 20.8 Å². The Morgan fingerprint density at radius 2 is 1.93 bits per heavy atom. The van der Waals surface area contributed by atoms with Gasteiger partial charge in [-0.2, -0.15) is 5.10 Å². The number of nitrogens with one attached hydrogen (secondary N) is 1. The maximum atomic E-state index is 14.3. The molecule has 0 saturated heterocycles. The molecule has 5 nitrogen and oxygen atoms in total. The summed E-state index contributed by atoms with van der Waals surface area (Å²) >= 11 is 0. The Kier molecular flexibility index (Phi) is 4.59. The molecular weight excluding hydrogens is 350 g/mol. The highest BCUT2D eigenvalue weighted by atomic mass is 19.1. The zero-order chi connectivity index (χ0) is 19.0. The Bertz CT molecular complexity index is 1060. The summed E-state index contributed by atoms with van der Waals surface area (Å²) in [4.78, 5) is 12.9. The van der Waals surface area contributed by atoms with Crippen LogP contribution in [0.4, 0.5) is 14.5 Å². The third-order valence-corrected chi connectivity index (χ3v) is 5.17. The number of anilines is 1. The summed E-state index contributed by atoms with van der Waals surface area (Å²) in [5.41, 5.74) is 1.10. The van der Waals surface area contributed by atoms with Crippen LogP contribution in [0, 0.1) is 11.6 Å². The summed E-state index contributed by atoms with van der Waals surface area (Å²) in [7, 11) is 1.63. The van der Waals surface area contributed by atoms with Gasteiger partial charge in [0.1, 0.15) is 23.0 Å². The Hall–Kier alpha value is -2.83. The van der Waals surface area contributed by atoms with Crippen LogP contribution in [0.25, 0.3) is 22.2 Å². The molecule has 2 aromatic heterocycles. The van der Waals surface area contributed by atoms with Crippen molar-refractivity contribution in [1.82, 2.24) is 14.8 Å². The van der Waals surface area contributed by atoms with Gasteiger partial charge in [-0.15, -0.1) is 5.10 Å². The van der Waals surface area contributed by atoms with Crippen LogP contribution < -0.4 is 10.9 Å². The van der Waals surface area contributed by atoms with Crippen molar-refractivity contribution in [2.24, 2.45) is 7.05 Å². The topological polar surface area (TPSA) is 59.8 Å². The molecule has 7 heteroatoms. The van der Waals surface area contributed by atoms with E-state index in [2.05, 4.69) is 15.5 Å². The average molecular weight is 370 g/mol. The van der Waals surface area contributed by atoms with E-state index in [0.717, 1.165) is 37.8 Å². The second-order valence-corrected chi connectivity index (χ2v) is 7.02. The SMILES string of the molecule is Cn1c(=O)c(NC2CCCCC2)cc2cnnc(-c3ccc(F)cc3F)c21. The van der Waals surface area contributed by atoms with E-state index >= 15 is 0 Å². The molecule has 3 aromatic rings. The minimum absolute atomic E-state index is 0.109. The fourth-order valence-corrected chi connectivity index (χ4v) is 3.78. The van der Waals surface area contributed by atoms with Gasteiger partial charge in [0.25, 0.3) is 5.56 Å². The number of rotatable bonds is 3. The monoisotopic (exact) mass is 370 g/mol. The van der Waals surface area contributed by atoms with Crippen LogP contribution in [-0.2, 0) is 7.05 Å². The molecule has 1 N–H and O–H groups in total. The third-order valence-electron chi connectivity index (χ3n) is 5.17. The number of hydrogen-bond acceptors (Lipinski definition) is 4. The lowest BCUT2D eigenvalue weighted by atomic mass is 9.95. The van der Waals surface area contributed by atoms with E-state index in [-0.39, 0.29) is 22.9 Å².